The molecule has 0 heterocycles. The van der Waals surface area contributed by atoms with Crippen molar-refractivity contribution in [3.05, 3.63) is 35.4 Å². The minimum absolute atomic E-state index is 0.0435. The van der Waals surface area contributed by atoms with Crippen molar-refractivity contribution in [2.75, 3.05) is 7.11 Å². The van der Waals surface area contributed by atoms with Gasteiger partial charge in [0.1, 0.15) is 0 Å². The van der Waals surface area contributed by atoms with Crippen LogP contribution in [0.15, 0.2) is 24.3 Å². The second kappa shape index (κ2) is 6.28. The average molecular weight is 281 g/mol. The summed E-state index contributed by atoms with van der Waals surface area (Å²) in [4.78, 5) is 0. The van der Waals surface area contributed by atoms with Crippen molar-refractivity contribution in [2.45, 2.75) is 62.8 Å². The Balaban J connectivity index is 2.01. The average Bonchev–Trinajstić information content (AvgIpc) is 2.42. The fourth-order valence-corrected chi connectivity index (χ4v) is 3.20. The van der Waals surface area contributed by atoms with E-state index in [9.17, 15) is 0 Å². The number of benzene rings is 1. The lowest BCUT2D eigenvalue weighted by molar-refractivity contribution is -0.0780. The largest absolute Gasteiger partial charge is 0.378 e. The second-order valence-electron chi connectivity index (χ2n) is 5.89. The predicted octanol–water partition coefficient (Wildman–Crippen LogP) is 5.44. The van der Waals surface area contributed by atoms with Gasteiger partial charge in [-0.1, -0.05) is 38.1 Å². The van der Waals surface area contributed by atoms with Crippen LogP contribution in [0.3, 0.4) is 0 Å². The summed E-state index contributed by atoms with van der Waals surface area (Å²) in [6.45, 7) is 4.49. The zero-order valence-electron chi connectivity index (χ0n) is 12.3. The van der Waals surface area contributed by atoms with Crippen LogP contribution in [0.25, 0.3) is 0 Å². The highest BCUT2D eigenvalue weighted by molar-refractivity contribution is 6.20. The molecule has 1 nitrogen and oxygen atoms in total. The van der Waals surface area contributed by atoms with Crippen LogP contribution in [0.4, 0.5) is 0 Å². The van der Waals surface area contributed by atoms with Crippen LogP contribution in [0.5, 0.6) is 0 Å². The fraction of sp³-hybridized carbons (Fsp3) is 0.647. The van der Waals surface area contributed by atoms with E-state index in [1.807, 2.05) is 7.11 Å². The summed E-state index contributed by atoms with van der Waals surface area (Å²) < 4.78 is 5.66. The molecule has 1 aromatic rings. The summed E-state index contributed by atoms with van der Waals surface area (Å²) in [7, 11) is 1.81. The monoisotopic (exact) mass is 280 g/mol. The molecular weight excluding hydrogens is 256 g/mol. The first-order valence-corrected chi connectivity index (χ1v) is 7.83. The number of alkyl halides is 1. The summed E-state index contributed by atoms with van der Waals surface area (Å²) in [6, 6.07) is 8.81. The molecule has 2 heteroatoms. The maximum atomic E-state index is 6.57. The van der Waals surface area contributed by atoms with Crippen molar-refractivity contribution in [3.63, 3.8) is 0 Å². The van der Waals surface area contributed by atoms with Crippen molar-refractivity contribution in [1.29, 1.82) is 0 Å². The van der Waals surface area contributed by atoms with E-state index in [4.69, 9.17) is 16.3 Å². The van der Waals surface area contributed by atoms with Gasteiger partial charge in [0.25, 0.3) is 0 Å². The van der Waals surface area contributed by atoms with E-state index in [1.54, 1.807) is 0 Å². The molecule has 0 aromatic heterocycles. The van der Waals surface area contributed by atoms with Crippen LogP contribution in [0.1, 0.15) is 68.4 Å². The molecule has 0 bridgehead atoms. The second-order valence-corrected chi connectivity index (χ2v) is 6.42. The van der Waals surface area contributed by atoms with E-state index < -0.39 is 0 Å². The lowest BCUT2D eigenvalue weighted by Crippen LogP contribution is -2.39. The Labute approximate surface area is 122 Å². The number of hydrogen-bond donors (Lipinski definition) is 0. The zero-order valence-corrected chi connectivity index (χ0v) is 13.0. The summed E-state index contributed by atoms with van der Waals surface area (Å²) in [5.41, 5.74) is 2.67. The van der Waals surface area contributed by atoms with E-state index in [-0.39, 0.29) is 11.0 Å². The van der Waals surface area contributed by atoms with Crippen LogP contribution in [0, 0.1) is 0 Å². The van der Waals surface area contributed by atoms with Crippen LogP contribution in [0.2, 0.25) is 0 Å². The molecule has 0 radical (unpaired) electrons. The van der Waals surface area contributed by atoms with Gasteiger partial charge in [0, 0.05) is 7.11 Å². The number of hydrogen-bond acceptors (Lipinski definition) is 1. The number of methoxy groups -OCH3 is 1. The van der Waals surface area contributed by atoms with Gasteiger partial charge in [-0.15, -0.1) is 11.6 Å². The number of halogens is 1. The van der Waals surface area contributed by atoms with Gasteiger partial charge < -0.3 is 4.74 Å². The van der Waals surface area contributed by atoms with Gasteiger partial charge in [0.15, 0.2) is 0 Å². The molecule has 1 aromatic carbocycles. The van der Waals surface area contributed by atoms with E-state index in [0.717, 1.165) is 19.3 Å². The maximum absolute atomic E-state index is 6.57. The Kier molecular flexibility index (Phi) is 4.92. The third-order valence-corrected chi connectivity index (χ3v) is 5.13. The first-order chi connectivity index (χ1) is 9.10. The van der Waals surface area contributed by atoms with Gasteiger partial charge in [0.05, 0.1) is 11.0 Å². The molecule has 2 rings (SSSR count). The maximum Gasteiger partial charge on any atom is 0.0696 e. The standard InChI is InChI=1S/C17H25ClO/c1-4-13(2)14-6-8-15(9-7-14)16(18)12-17(19-3)10-5-11-17/h6-9,13,16H,4-5,10-12H2,1-3H3. The minimum Gasteiger partial charge on any atom is -0.378 e. The van der Waals surface area contributed by atoms with E-state index in [2.05, 4.69) is 38.1 Å². The molecule has 1 aliphatic carbocycles. The minimum atomic E-state index is 0.0435. The van der Waals surface area contributed by atoms with E-state index >= 15 is 0 Å². The molecule has 1 aliphatic rings. The molecule has 19 heavy (non-hydrogen) atoms. The van der Waals surface area contributed by atoms with Crippen LogP contribution in [-0.2, 0) is 4.74 Å². The molecule has 2 unspecified atom stereocenters. The van der Waals surface area contributed by atoms with Crippen molar-refractivity contribution >= 4 is 11.6 Å². The summed E-state index contributed by atoms with van der Waals surface area (Å²) in [5, 5.41) is 0.0613. The number of rotatable bonds is 6. The molecule has 2 atom stereocenters. The van der Waals surface area contributed by atoms with E-state index in [0.29, 0.717) is 5.92 Å². The van der Waals surface area contributed by atoms with Crippen molar-refractivity contribution in [3.8, 4) is 0 Å². The Hall–Kier alpha value is -0.530. The van der Waals surface area contributed by atoms with Gasteiger partial charge in [-0.2, -0.15) is 0 Å². The first-order valence-electron chi connectivity index (χ1n) is 7.39. The van der Waals surface area contributed by atoms with Gasteiger partial charge in [-0.3, -0.25) is 0 Å². The highest BCUT2D eigenvalue weighted by atomic mass is 35.5. The molecule has 1 fully saturated rings. The summed E-state index contributed by atoms with van der Waals surface area (Å²) in [5.74, 6) is 0.625. The smallest absolute Gasteiger partial charge is 0.0696 e. The predicted molar refractivity (Wildman–Crippen MR) is 82.0 cm³/mol. The van der Waals surface area contributed by atoms with Gasteiger partial charge in [0.2, 0.25) is 0 Å². The molecule has 0 N–H and O–H groups in total. The van der Waals surface area contributed by atoms with Gasteiger partial charge >= 0.3 is 0 Å². The normalized spacial score (nSPS) is 20.6. The van der Waals surface area contributed by atoms with E-state index in [1.165, 1.54) is 24.0 Å². The van der Waals surface area contributed by atoms with Gasteiger partial charge in [-0.25, -0.2) is 0 Å². The zero-order chi connectivity index (χ0) is 13.9. The van der Waals surface area contributed by atoms with Crippen molar-refractivity contribution < 1.29 is 4.74 Å². The topological polar surface area (TPSA) is 9.23 Å². The molecule has 0 aliphatic heterocycles. The molecule has 0 amide bonds. The third kappa shape index (κ3) is 3.32. The Morgan fingerprint density at radius 1 is 1.21 bits per heavy atom. The van der Waals surface area contributed by atoms with Crippen LogP contribution in [-0.4, -0.2) is 12.7 Å². The van der Waals surface area contributed by atoms with Crippen molar-refractivity contribution in [1.82, 2.24) is 0 Å². The van der Waals surface area contributed by atoms with Crippen LogP contribution < -0.4 is 0 Å². The molecule has 106 valence electrons. The Morgan fingerprint density at radius 2 is 1.79 bits per heavy atom. The van der Waals surface area contributed by atoms with Crippen molar-refractivity contribution in [2.24, 2.45) is 0 Å². The van der Waals surface area contributed by atoms with Gasteiger partial charge in [-0.05, 0) is 49.1 Å². The number of ether oxygens (including phenoxy) is 1. The molecular formula is C17H25ClO. The molecule has 0 saturated heterocycles. The summed E-state index contributed by atoms with van der Waals surface area (Å²) in [6.07, 6.45) is 5.67. The van der Waals surface area contributed by atoms with Crippen LogP contribution >= 0.6 is 11.6 Å². The third-order valence-electron chi connectivity index (χ3n) is 4.73. The molecule has 0 spiro atoms. The SMILES string of the molecule is CCC(C)c1ccc(C(Cl)CC2(OC)CCC2)cc1. The quantitative estimate of drug-likeness (QED) is 0.631. The highest BCUT2D eigenvalue weighted by Gasteiger charge is 2.38. The lowest BCUT2D eigenvalue weighted by atomic mass is 9.76. The Morgan fingerprint density at radius 3 is 2.21 bits per heavy atom. The molecule has 1 saturated carbocycles. The summed E-state index contributed by atoms with van der Waals surface area (Å²) >= 11 is 6.57. The lowest BCUT2D eigenvalue weighted by Gasteiger charge is -2.41. The Bertz CT molecular complexity index is 389. The first kappa shape index (κ1) is 14.9. The fourth-order valence-electron chi connectivity index (χ4n) is 2.78. The highest BCUT2D eigenvalue weighted by Crippen LogP contribution is 2.43.